The number of carbonyl (C=O) groups excluding carboxylic acids is 2. The van der Waals surface area contributed by atoms with Crippen molar-refractivity contribution in [1.29, 1.82) is 0 Å². The van der Waals surface area contributed by atoms with E-state index in [-0.39, 0.29) is 16.4 Å². The van der Waals surface area contributed by atoms with E-state index >= 15 is 0 Å². The zero-order valence-electron chi connectivity index (χ0n) is 20.8. The standard InChI is InChI=1S/C24H25ClF3N7O3S/c1-14(33-21(36)18-9-15(31-13-32-18)3-2-4-35-5-7-38-8-6-35)23-30-12-19(39-23)22(37)34-20-10-16(24(26,27)28)17(25)11-29-20/h9-14H,2-8H2,1H3,(H,33,36)(H,29,34,37)/t14-/m1/s1. The number of thiazole rings is 1. The van der Waals surface area contributed by atoms with Crippen LogP contribution >= 0.6 is 22.9 Å². The van der Waals surface area contributed by atoms with Gasteiger partial charge in [0.2, 0.25) is 0 Å². The Balaban J connectivity index is 1.32. The molecule has 1 aliphatic heterocycles. The highest BCUT2D eigenvalue weighted by Gasteiger charge is 2.34. The molecule has 1 saturated heterocycles. The number of anilines is 1. The molecule has 1 atom stereocenters. The molecule has 10 nitrogen and oxygen atoms in total. The van der Waals surface area contributed by atoms with Crippen LogP contribution in [0.4, 0.5) is 19.0 Å². The Morgan fingerprint density at radius 2 is 1.90 bits per heavy atom. The van der Waals surface area contributed by atoms with Gasteiger partial charge in [0.1, 0.15) is 27.7 Å². The van der Waals surface area contributed by atoms with Crippen LogP contribution in [0, 0.1) is 0 Å². The summed E-state index contributed by atoms with van der Waals surface area (Å²) in [5, 5.41) is 4.95. The fraction of sp³-hybridized carbons (Fsp3) is 0.417. The first kappa shape index (κ1) is 28.8. The summed E-state index contributed by atoms with van der Waals surface area (Å²) in [5.41, 5.74) is -0.142. The van der Waals surface area contributed by atoms with Gasteiger partial charge in [-0.1, -0.05) is 11.6 Å². The number of nitrogens with one attached hydrogen (secondary N) is 2. The monoisotopic (exact) mass is 583 g/mol. The zero-order valence-corrected chi connectivity index (χ0v) is 22.4. The number of morpholine rings is 1. The molecular weight excluding hydrogens is 559 g/mol. The predicted octanol–water partition coefficient (Wildman–Crippen LogP) is 4.01. The van der Waals surface area contributed by atoms with Crippen molar-refractivity contribution < 1.29 is 27.5 Å². The summed E-state index contributed by atoms with van der Waals surface area (Å²) in [4.78, 5) is 44.0. The first-order valence-electron chi connectivity index (χ1n) is 12.0. The van der Waals surface area contributed by atoms with Gasteiger partial charge in [-0.2, -0.15) is 13.2 Å². The number of aromatic nitrogens is 4. The molecule has 0 bridgehead atoms. The molecule has 0 aromatic carbocycles. The third-order valence-electron chi connectivity index (χ3n) is 5.84. The lowest BCUT2D eigenvalue weighted by Gasteiger charge is -2.26. The molecule has 1 aliphatic rings. The summed E-state index contributed by atoms with van der Waals surface area (Å²) in [6.07, 6.45) is 0.339. The molecule has 39 heavy (non-hydrogen) atoms. The summed E-state index contributed by atoms with van der Waals surface area (Å²) in [5.74, 6) is -1.43. The second kappa shape index (κ2) is 12.8. The van der Waals surface area contributed by atoms with Crippen LogP contribution in [0.2, 0.25) is 5.02 Å². The third kappa shape index (κ3) is 7.91. The highest BCUT2D eigenvalue weighted by Crippen LogP contribution is 2.35. The Labute approximate surface area is 231 Å². The van der Waals surface area contributed by atoms with Crippen LogP contribution in [0.25, 0.3) is 0 Å². The predicted molar refractivity (Wildman–Crippen MR) is 138 cm³/mol. The molecule has 0 spiro atoms. The quantitative estimate of drug-likeness (QED) is 0.387. The number of nitrogens with zero attached hydrogens (tertiary/aromatic N) is 5. The van der Waals surface area contributed by atoms with Gasteiger partial charge < -0.3 is 15.4 Å². The molecule has 4 rings (SSSR count). The molecular formula is C24H25ClF3N7O3S. The minimum absolute atomic E-state index is 0.126. The van der Waals surface area contributed by atoms with Gasteiger partial charge >= 0.3 is 6.18 Å². The van der Waals surface area contributed by atoms with E-state index in [1.165, 1.54) is 12.5 Å². The van der Waals surface area contributed by atoms with Crippen molar-refractivity contribution in [2.45, 2.75) is 32.0 Å². The molecule has 15 heteroatoms. The number of alkyl halides is 3. The van der Waals surface area contributed by atoms with Crippen LogP contribution < -0.4 is 10.6 Å². The van der Waals surface area contributed by atoms with Gasteiger partial charge in [0.25, 0.3) is 11.8 Å². The maximum atomic E-state index is 13.1. The number of hydrogen-bond acceptors (Lipinski definition) is 9. The van der Waals surface area contributed by atoms with Crippen LogP contribution in [0.1, 0.15) is 55.8 Å². The van der Waals surface area contributed by atoms with Crippen molar-refractivity contribution in [3.05, 3.63) is 62.7 Å². The van der Waals surface area contributed by atoms with Crippen molar-refractivity contribution in [3.8, 4) is 0 Å². The van der Waals surface area contributed by atoms with Crippen LogP contribution in [0.3, 0.4) is 0 Å². The fourth-order valence-corrected chi connectivity index (χ4v) is 4.82. The van der Waals surface area contributed by atoms with Crippen LogP contribution in [0.15, 0.2) is 30.9 Å². The third-order valence-corrected chi connectivity index (χ3v) is 7.32. The van der Waals surface area contributed by atoms with Crippen molar-refractivity contribution in [2.24, 2.45) is 0 Å². The van der Waals surface area contributed by atoms with E-state index in [1.54, 1.807) is 13.0 Å². The van der Waals surface area contributed by atoms with E-state index in [9.17, 15) is 22.8 Å². The van der Waals surface area contributed by atoms with Gasteiger partial charge in [-0.05, 0) is 38.4 Å². The number of pyridine rings is 1. The molecule has 3 aromatic rings. The molecule has 4 heterocycles. The number of rotatable bonds is 9. The lowest BCUT2D eigenvalue weighted by Crippen LogP contribution is -2.37. The van der Waals surface area contributed by atoms with Crippen molar-refractivity contribution in [2.75, 3.05) is 38.2 Å². The Morgan fingerprint density at radius 1 is 1.13 bits per heavy atom. The molecule has 0 radical (unpaired) electrons. The summed E-state index contributed by atoms with van der Waals surface area (Å²) in [6, 6.07) is 1.74. The summed E-state index contributed by atoms with van der Waals surface area (Å²) in [6.45, 7) is 5.91. The number of ether oxygens (including phenoxy) is 1. The molecule has 208 valence electrons. The second-order valence-electron chi connectivity index (χ2n) is 8.71. The Bertz CT molecular complexity index is 1320. The number of halogens is 4. The van der Waals surface area contributed by atoms with Crippen LogP contribution in [0.5, 0.6) is 0 Å². The molecule has 2 N–H and O–H groups in total. The smallest absolute Gasteiger partial charge is 0.379 e. The van der Waals surface area contributed by atoms with Gasteiger partial charge in [0.05, 0.1) is 36.0 Å². The highest BCUT2D eigenvalue weighted by molar-refractivity contribution is 7.13. The fourth-order valence-electron chi connectivity index (χ4n) is 3.79. The van der Waals surface area contributed by atoms with Crippen molar-refractivity contribution in [1.82, 2.24) is 30.2 Å². The molecule has 0 unspecified atom stereocenters. The van der Waals surface area contributed by atoms with E-state index < -0.39 is 34.6 Å². The van der Waals surface area contributed by atoms with E-state index in [1.807, 2.05) is 0 Å². The van der Waals surface area contributed by atoms with Crippen molar-refractivity contribution >= 4 is 40.6 Å². The van der Waals surface area contributed by atoms with Gasteiger partial charge in [0.15, 0.2) is 0 Å². The number of amides is 2. The summed E-state index contributed by atoms with van der Waals surface area (Å²) in [7, 11) is 0. The Hall–Kier alpha value is -3.20. The minimum atomic E-state index is -4.70. The van der Waals surface area contributed by atoms with E-state index in [0.29, 0.717) is 17.5 Å². The normalized spacial score (nSPS) is 15.1. The van der Waals surface area contributed by atoms with Gasteiger partial charge in [-0.15, -0.1) is 11.3 Å². The van der Waals surface area contributed by atoms with Gasteiger partial charge in [-0.3, -0.25) is 14.5 Å². The molecule has 0 aliphatic carbocycles. The first-order chi connectivity index (χ1) is 18.6. The van der Waals surface area contributed by atoms with Crippen molar-refractivity contribution in [3.63, 3.8) is 0 Å². The number of hydrogen-bond donors (Lipinski definition) is 2. The average molecular weight is 584 g/mol. The molecule has 0 saturated carbocycles. The maximum Gasteiger partial charge on any atom is 0.418 e. The topological polar surface area (TPSA) is 122 Å². The Kier molecular flexibility index (Phi) is 9.43. The van der Waals surface area contributed by atoms with Crippen LogP contribution in [-0.2, 0) is 17.3 Å². The van der Waals surface area contributed by atoms with Gasteiger partial charge in [0, 0.05) is 25.0 Å². The van der Waals surface area contributed by atoms with Crippen LogP contribution in [-0.4, -0.2) is 69.5 Å². The number of aryl methyl sites for hydroxylation is 1. The molecule has 3 aromatic heterocycles. The summed E-state index contributed by atoms with van der Waals surface area (Å²) < 4.78 is 44.6. The summed E-state index contributed by atoms with van der Waals surface area (Å²) >= 11 is 6.55. The first-order valence-corrected chi connectivity index (χ1v) is 13.2. The SMILES string of the molecule is C[C@@H](NC(=O)c1cc(CCCN2CCOCC2)ncn1)c1ncc(C(=O)Nc2cc(C(F)(F)F)c(Cl)cn2)s1. The minimum Gasteiger partial charge on any atom is -0.379 e. The number of carbonyl (C=O) groups is 2. The van der Waals surface area contributed by atoms with Gasteiger partial charge in [-0.25, -0.2) is 19.9 Å². The molecule has 2 amide bonds. The average Bonchev–Trinajstić information content (AvgIpc) is 3.41. The van der Waals surface area contributed by atoms with E-state index in [4.69, 9.17) is 16.3 Å². The maximum absolute atomic E-state index is 13.1. The lowest BCUT2D eigenvalue weighted by molar-refractivity contribution is -0.137. The second-order valence-corrected chi connectivity index (χ2v) is 10.2. The Morgan fingerprint density at radius 3 is 2.64 bits per heavy atom. The van der Waals surface area contributed by atoms with E-state index in [0.717, 1.165) is 62.5 Å². The lowest BCUT2D eigenvalue weighted by atomic mass is 10.2. The van der Waals surface area contributed by atoms with E-state index in [2.05, 4.69) is 35.5 Å². The zero-order chi connectivity index (χ0) is 28.0. The highest BCUT2D eigenvalue weighted by atomic mass is 35.5. The molecule has 1 fully saturated rings. The largest absolute Gasteiger partial charge is 0.418 e.